The molecule has 0 fully saturated rings. The summed E-state index contributed by atoms with van der Waals surface area (Å²) in [7, 11) is 0. The first-order chi connectivity index (χ1) is 38.5. The van der Waals surface area contributed by atoms with Gasteiger partial charge in [-0.1, -0.05) is 293 Å². The minimum atomic E-state index is -0.788. The summed E-state index contributed by atoms with van der Waals surface area (Å²) in [6, 6.07) is 0. The molecule has 454 valence electrons. The van der Waals surface area contributed by atoms with Gasteiger partial charge in [0.1, 0.15) is 13.2 Å². The van der Waals surface area contributed by atoms with Crippen molar-refractivity contribution in [3.8, 4) is 0 Å². The molecule has 1 atom stereocenters. The van der Waals surface area contributed by atoms with Gasteiger partial charge >= 0.3 is 17.9 Å². The molecule has 0 saturated carbocycles. The maximum absolute atomic E-state index is 12.9. The van der Waals surface area contributed by atoms with E-state index in [9.17, 15) is 14.4 Å². The Morgan fingerprint density at radius 1 is 0.256 bits per heavy atom. The summed E-state index contributed by atoms with van der Waals surface area (Å²) in [5.74, 6) is -0.891. The highest BCUT2D eigenvalue weighted by atomic mass is 16.6. The van der Waals surface area contributed by atoms with Gasteiger partial charge in [-0.05, 0) is 109 Å². The number of rotatable bonds is 63. The molecular formula is C72H130O6. The van der Waals surface area contributed by atoms with Gasteiger partial charge in [0.15, 0.2) is 6.10 Å². The first-order valence-corrected chi connectivity index (χ1v) is 34.3. The molecule has 0 spiro atoms. The Morgan fingerprint density at radius 2 is 0.462 bits per heavy atom. The second-order valence-corrected chi connectivity index (χ2v) is 23.1. The summed E-state index contributed by atoms with van der Waals surface area (Å²) in [5.41, 5.74) is 0. The molecule has 0 N–H and O–H groups in total. The van der Waals surface area contributed by atoms with Crippen LogP contribution in [0.1, 0.15) is 361 Å². The van der Waals surface area contributed by atoms with E-state index >= 15 is 0 Å². The molecule has 0 heterocycles. The minimum Gasteiger partial charge on any atom is -0.462 e. The van der Waals surface area contributed by atoms with E-state index in [1.54, 1.807) is 0 Å². The van der Waals surface area contributed by atoms with Gasteiger partial charge in [-0.15, -0.1) is 0 Å². The van der Waals surface area contributed by atoms with Gasteiger partial charge in [0.05, 0.1) is 0 Å². The number of hydrogen-bond acceptors (Lipinski definition) is 6. The summed E-state index contributed by atoms with van der Waals surface area (Å²) in [4.78, 5) is 38.3. The Kier molecular flexibility index (Phi) is 64.2. The number of carbonyl (C=O) groups excluding carboxylic acids is 3. The number of hydrogen-bond donors (Lipinski definition) is 0. The van der Waals surface area contributed by atoms with Crippen molar-refractivity contribution in [1.82, 2.24) is 0 Å². The summed E-state index contributed by atoms with van der Waals surface area (Å²) in [6.07, 6.45) is 85.3. The lowest BCUT2D eigenvalue weighted by molar-refractivity contribution is -0.167. The van der Waals surface area contributed by atoms with E-state index in [0.29, 0.717) is 19.3 Å². The van der Waals surface area contributed by atoms with Crippen LogP contribution in [0, 0.1) is 0 Å². The smallest absolute Gasteiger partial charge is 0.306 e. The van der Waals surface area contributed by atoms with E-state index in [0.717, 1.165) is 103 Å². The Balaban J connectivity index is 4.23. The highest BCUT2D eigenvalue weighted by Crippen LogP contribution is 2.17. The summed E-state index contributed by atoms with van der Waals surface area (Å²) < 4.78 is 16.9. The van der Waals surface area contributed by atoms with Crippen molar-refractivity contribution in [2.75, 3.05) is 13.2 Å². The zero-order valence-corrected chi connectivity index (χ0v) is 52.2. The second-order valence-electron chi connectivity index (χ2n) is 23.1. The molecule has 0 bridgehead atoms. The van der Waals surface area contributed by atoms with Crippen LogP contribution < -0.4 is 0 Å². The molecule has 6 nitrogen and oxygen atoms in total. The van der Waals surface area contributed by atoms with Crippen LogP contribution in [0.25, 0.3) is 0 Å². The molecule has 0 rings (SSSR count). The van der Waals surface area contributed by atoms with Crippen LogP contribution >= 0.6 is 0 Å². The number of unbranched alkanes of at least 4 members (excludes halogenated alkanes) is 42. The second kappa shape index (κ2) is 66.6. The Bertz CT molecular complexity index is 1390. The van der Waals surface area contributed by atoms with Crippen LogP contribution in [0.3, 0.4) is 0 Å². The molecule has 0 aliphatic heterocycles. The maximum atomic E-state index is 12.9. The average molecular weight is 1090 g/mol. The van der Waals surface area contributed by atoms with Crippen molar-refractivity contribution in [3.63, 3.8) is 0 Å². The molecule has 0 saturated heterocycles. The molecule has 0 aliphatic carbocycles. The van der Waals surface area contributed by atoms with E-state index in [-0.39, 0.29) is 31.1 Å². The molecule has 0 aromatic rings. The van der Waals surface area contributed by atoms with Crippen LogP contribution in [0.15, 0.2) is 60.8 Å². The zero-order chi connectivity index (χ0) is 56.4. The first-order valence-electron chi connectivity index (χ1n) is 34.3. The predicted octanol–water partition coefficient (Wildman–Crippen LogP) is 23.5. The largest absolute Gasteiger partial charge is 0.462 e. The van der Waals surface area contributed by atoms with Gasteiger partial charge < -0.3 is 14.2 Å². The fourth-order valence-corrected chi connectivity index (χ4v) is 10.0. The van der Waals surface area contributed by atoms with Gasteiger partial charge in [0.25, 0.3) is 0 Å². The summed E-state index contributed by atoms with van der Waals surface area (Å²) >= 11 is 0. The topological polar surface area (TPSA) is 78.9 Å². The van der Waals surface area contributed by atoms with Crippen LogP contribution in [-0.4, -0.2) is 37.2 Å². The highest BCUT2D eigenvalue weighted by Gasteiger charge is 2.19. The lowest BCUT2D eigenvalue weighted by Gasteiger charge is -2.18. The maximum Gasteiger partial charge on any atom is 0.306 e. The molecule has 78 heavy (non-hydrogen) atoms. The van der Waals surface area contributed by atoms with E-state index < -0.39 is 6.10 Å². The van der Waals surface area contributed by atoms with Crippen molar-refractivity contribution < 1.29 is 28.6 Å². The fraction of sp³-hybridized carbons (Fsp3) is 0.819. The van der Waals surface area contributed by atoms with Crippen molar-refractivity contribution in [3.05, 3.63) is 60.8 Å². The lowest BCUT2D eigenvalue weighted by Crippen LogP contribution is -2.30. The average Bonchev–Trinajstić information content (AvgIpc) is 3.44. The predicted molar refractivity (Wildman–Crippen MR) is 339 cm³/mol. The van der Waals surface area contributed by atoms with E-state index in [1.165, 1.54) is 218 Å². The van der Waals surface area contributed by atoms with Crippen LogP contribution in [-0.2, 0) is 28.6 Å². The molecule has 0 aliphatic rings. The molecular weight excluding hydrogens is 961 g/mol. The normalized spacial score (nSPS) is 12.4. The molecule has 1 unspecified atom stereocenters. The van der Waals surface area contributed by atoms with Crippen molar-refractivity contribution in [2.24, 2.45) is 0 Å². The quantitative estimate of drug-likeness (QED) is 0.0261. The van der Waals surface area contributed by atoms with Gasteiger partial charge in [-0.25, -0.2) is 0 Å². The Labute approximate surface area is 485 Å². The third-order valence-electron chi connectivity index (χ3n) is 15.2. The lowest BCUT2D eigenvalue weighted by atomic mass is 10.0. The van der Waals surface area contributed by atoms with Crippen LogP contribution in [0.4, 0.5) is 0 Å². The number of esters is 3. The number of ether oxygens (including phenoxy) is 3. The third-order valence-corrected chi connectivity index (χ3v) is 15.2. The number of carbonyl (C=O) groups is 3. The monoisotopic (exact) mass is 1090 g/mol. The van der Waals surface area contributed by atoms with Gasteiger partial charge in [-0.3, -0.25) is 14.4 Å². The highest BCUT2D eigenvalue weighted by molar-refractivity contribution is 5.71. The van der Waals surface area contributed by atoms with Crippen LogP contribution in [0.5, 0.6) is 0 Å². The van der Waals surface area contributed by atoms with Crippen LogP contribution in [0.2, 0.25) is 0 Å². The SMILES string of the molecule is CCCCC/C=C\C/C=C\CCCCCCCC(=O)OCC(COC(=O)CCCCCCCCCCCCCCCCCCC/C=C\CCCCCCCCCC)OC(=O)CCCCCCC/C=C\C/C=C\CCCCCC. The van der Waals surface area contributed by atoms with Crippen molar-refractivity contribution in [1.29, 1.82) is 0 Å². The molecule has 0 radical (unpaired) electrons. The third kappa shape index (κ3) is 63.9. The summed E-state index contributed by atoms with van der Waals surface area (Å²) in [5, 5.41) is 0. The van der Waals surface area contributed by atoms with E-state index in [4.69, 9.17) is 14.2 Å². The Hall–Kier alpha value is -2.89. The van der Waals surface area contributed by atoms with Crippen molar-refractivity contribution in [2.45, 2.75) is 367 Å². The summed E-state index contributed by atoms with van der Waals surface area (Å²) in [6.45, 7) is 6.62. The first kappa shape index (κ1) is 75.1. The van der Waals surface area contributed by atoms with E-state index in [1.807, 2.05) is 0 Å². The Morgan fingerprint density at radius 3 is 0.756 bits per heavy atom. The molecule has 0 amide bonds. The van der Waals surface area contributed by atoms with Gasteiger partial charge in [0.2, 0.25) is 0 Å². The minimum absolute atomic E-state index is 0.0818. The molecule has 0 aromatic carbocycles. The van der Waals surface area contributed by atoms with E-state index in [2.05, 4.69) is 81.5 Å². The molecule has 0 aromatic heterocycles. The molecule has 6 heteroatoms. The fourth-order valence-electron chi connectivity index (χ4n) is 10.0. The standard InChI is InChI=1S/C72H130O6/c1-4-7-10-13-16-19-22-25-28-30-31-32-33-34-35-36-37-38-39-40-41-42-45-47-50-53-56-59-62-65-71(74)77-68-69(67-76-70(73)64-61-58-55-52-49-46-43-27-24-21-18-15-12-9-6-3)78-72(75)66-63-60-57-54-51-48-44-29-26-23-20-17-14-11-8-5-2/h18,20-21,23,27,29-31,43-44,69H,4-17,19,22,24-26,28,32-42,45-68H2,1-3H3/b21-18-,23-20-,31-30-,43-27-,44-29-. The van der Waals surface area contributed by atoms with Gasteiger partial charge in [0, 0.05) is 19.3 Å². The number of allylic oxidation sites excluding steroid dienone is 10. The van der Waals surface area contributed by atoms with Gasteiger partial charge in [-0.2, -0.15) is 0 Å². The zero-order valence-electron chi connectivity index (χ0n) is 52.2. The van der Waals surface area contributed by atoms with Crippen molar-refractivity contribution >= 4 is 17.9 Å².